The lowest BCUT2D eigenvalue weighted by Crippen LogP contribution is -2.14. The van der Waals surface area contributed by atoms with Gasteiger partial charge in [-0.15, -0.1) is 0 Å². The van der Waals surface area contributed by atoms with Crippen molar-refractivity contribution in [3.63, 3.8) is 0 Å². The number of nitro benzene ring substituents is 2. The van der Waals surface area contributed by atoms with Crippen LogP contribution in [0.1, 0.15) is 17.0 Å². The van der Waals surface area contributed by atoms with E-state index in [0.29, 0.717) is 0 Å². The van der Waals surface area contributed by atoms with Crippen LogP contribution in [0.2, 0.25) is 0 Å². The fourth-order valence-corrected chi connectivity index (χ4v) is 2.46. The lowest BCUT2D eigenvalue weighted by Gasteiger charge is -2.17. The zero-order valence-corrected chi connectivity index (χ0v) is 12.9. The molecule has 0 unspecified atom stereocenters. The third-order valence-electron chi connectivity index (χ3n) is 3.38. The summed E-state index contributed by atoms with van der Waals surface area (Å²) in [6, 6.07) is 11.6. The zero-order chi connectivity index (χ0) is 17.7. The maximum Gasteiger partial charge on any atom is 0.403 e. The number of ether oxygens (including phenoxy) is 1. The Hall–Kier alpha value is -3.00. The van der Waals surface area contributed by atoms with Crippen molar-refractivity contribution in [3.8, 4) is 0 Å². The van der Waals surface area contributed by atoms with Crippen LogP contribution in [-0.4, -0.2) is 21.9 Å². The second-order valence-corrected chi connectivity index (χ2v) is 5.04. The van der Waals surface area contributed by atoms with E-state index in [1.165, 1.54) is 36.4 Å². The Morgan fingerprint density at radius 2 is 1.38 bits per heavy atom. The van der Waals surface area contributed by atoms with Gasteiger partial charge >= 0.3 is 5.43 Å². The van der Waals surface area contributed by atoms with Crippen molar-refractivity contribution < 1.29 is 19.4 Å². The summed E-state index contributed by atoms with van der Waals surface area (Å²) in [4.78, 5) is 32.2. The van der Waals surface area contributed by atoms with Gasteiger partial charge in [-0.2, -0.15) is 0 Å². The van der Waals surface area contributed by atoms with Crippen molar-refractivity contribution in [2.45, 2.75) is 5.92 Å². The van der Waals surface area contributed by atoms with Crippen molar-refractivity contribution in [1.82, 2.24) is 0 Å². The molecule has 0 aliphatic heterocycles. The van der Waals surface area contributed by atoms with Crippen LogP contribution in [0.25, 0.3) is 0 Å². The van der Waals surface area contributed by atoms with Crippen LogP contribution in [0.15, 0.2) is 48.5 Å². The van der Waals surface area contributed by atoms with Gasteiger partial charge in [-0.1, -0.05) is 36.4 Å². The van der Waals surface area contributed by atoms with Crippen molar-refractivity contribution in [2.24, 2.45) is 0 Å². The van der Waals surface area contributed by atoms with Crippen LogP contribution in [0, 0.1) is 20.2 Å². The number of nitrogens with zero attached hydrogens (tertiary/aromatic N) is 2. The second kappa shape index (κ2) is 7.51. The van der Waals surface area contributed by atoms with E-state index in [0.717, 1.165) is 0 Å². The third-order valence-corrected chi connectivity index (χ3v) is 3.49. The number of hydrogen-bond donors (Lipinski definition) is 0. The summed E-state index contributed by atoms with van der Waals surface area (Å²) in [5.41, 5.74) is -1.18. The minimum atomic E-state index is -1.10. The summed E-state index contributed by atoms with van der Waals surface area (Å²) in [5.74, 6) is -0.907. The number of nitro groups is 2. The molecule has 0 spiro atoms. The minimum Gasteiger partial charge on any atom is -0.453 e. The van der Waals surface area contributed by atoms with Gasteiger partial charge in [-0.3, -0.25) is 20.2 Å². The third kappa shape index (κ3) is 3.85. The molecular weight excluding hydrogens is 340 g/mol. The average Bonchev–Trinajstić information content (AvgIpc) is 2.55. The maximum absolute atomic E-state index is 11.3. The number of halogens is 1. The summed E-state index contributed by atoms with van der Waals surface area (Å²) >= 11 is 5.17. The molecule has 0 amide bonds. The fourth-order valence-electron chi connectivity index (χ4n) is 2.39. The Bertz CT molecular complexity index is 738. The van der Waals surface area contributed by atoms with Crippen LogP contribution >= 0.6 is 11.6 Å². The lowest BCUT2D eigenvalue weighted by molar-refractivity contribution is -0.386. The van der Waals surface area contributed by atoms with Gasteiger partial charge in [0, 0.05) is 34.9 Å². The molecule has 8 nitrogen and oxygen atoms in total. The zero-order valence-electron chi connectivity index (χ0n) is 12.1. The number of carbonyl (C=O) groups excluding carboxylic acids is 1. The molecule has 0 heterocycles. The highest BCUT2D eigenvalue weighted by molar-refractivity contribution is 6.61. The molecule has 2 aromatic rings. The van der Waals surface area contributed by atoms with Crippen LogP contribution < -0.4 is 0 Å². The number of benzene rings is 2. The Morgan fingerprint density at radius 1 is 0.958 bits per heavy atom. The molecule has 0 N–H and O–H groups in total. The Balaban J connectivity index is 2.61. The van der Waals surface area contributed by atoms with Crippen LogP contribution in [0.4, 0.5) is 16.2 Å². The molecule has 0 aliphatic carbocycles. The molecule has 0 saturated heterocycles. The van der Waals surface area contributed by atoms with E-state index < -0.39 is 21.2 Å². The van der Waals surface area contributed by atoms with Gasteiger partial charge in [0.25, 0.3) is 11.4 Å². The first-order valence-electron chi connectivity index (χ1n) is 6.70. The molecule has 124 valence electrons. The summed E-state index contributed by atoms with van der Waals surface area (Å²) in [6.07, 6.45) is 0. The fraction of sp³-hybridized carbons (Fsp3) is 0.133. The van der Waals surface area contributed by atoms with Crippen LogP contribution in [0.3, 0.4) is 0 Å². The van der Waals surface area contributed by atoms with Gasteiger partial charge in [0.2, 0.25) is 0 Å². The highest BCUT2D eigenvalue weighted by atomic mass is 35.5. The summed E-state index contributed by atoms with van der Waals surface area (Å²) in [5, 5.41) is 22.5. The van der Waals surface area contributed by atoms with E-state index in [-0.39, 0.29) is 29.1 Å². The number of hydrogen-bond acceptors (Lipinski definition) is 6. The Labute approximate surface area is 140 Å². The standard InChI is InChI=1S/C15H11ClN2O6/c16-15(19)24-9-12(10-5-1-3-7-13(10)17(20)21)11-6-2-4-8-14(11)18(22)23/h1-8,12H,9H2. The molecule has 9 heteroatoms. The van der Waals surface area contributed by atoms with Gasteiger partial charge < -0.3 is 4.74 Å². The van der Waals surface area contributed by atoms with E-state index in [1.54, 1.807) is 12.1 Å². The number of rotatable bonds is 6. The van der Waals surface area contributed by atoms with E-state index in [1.807, 2.05) is 0 Å². The average molecular weight is 351 g/mol. The SMILES string of the molecule is O=C(Cl)OCC(c1ccccc1[N+](=O)[O-])c1ccccc1[N+](=O)[O-]. The molecule has 24 heavy (non-hydrogen) atoms. The summed E-state index contributed by atoms with van der Waals surface area (Å²) in [6.45, 7) is -0.363. The van der Waals surface area contributed by atoms with Gasteiger partial charge in [-0.05, 0) is 0 Å². The molecule has 2 rings (SSSR count). The molecule has 0 fully saturated rings. The lowest BCUT2D eigenvalue weighted by atomic mass is 9.89. The number of carbonyl (C=O) groups is 1. The first kappa shape index (κ1) is 17.4. The molecule has 0 radical (unpaired) electrons. The number of para-hydroxylation sites is 2. The first-order chi connectivity index (χ1) is 11.4. The largest absolute Gasteiger partial charge is 0.453 e. The van der Waals surface area contributed by atoms with Gasteiger partial charge in [0.05, 0.1) is 15.8 Å². The topological polar surface area (TPSA) is 113 Å². The molecule has 0 bridgehead atoms. The molecular formula is C15H11ClN2O6. The van der Waals surface area contributed by atoms with Crippen molar-refractivity contribution in [1.29, 1.82) is 0 Å². The van der Waals surface area contributed by atoms with Gasteiger partial charge in [-0.25, -0.2) is 4.79 Å². The molecule has 0 aromatic heterocycles. The normalized spacial score (nSPS) is 10.4. The van der Waals surface area contributed by atoms with E-state index >= 15 is 0 Å². The van der Waals surface area contributed by atoms with E-state index in [4.69, 9.17) is 16.3 Å². The highest BCUT2D eigenvalue weighted by Gasteiger charge is 2.29. The molecule has 0 atom stereocenters. The summed E-state index contributed by atoms with van der Waals surface area (Å²) < 4.78 is 4.76. The second-order valence-electron chi connectivity index (χ2n) is 4.73. The molecule has 2 aromatic carbocycles. The van der Waals surface area contributed by atoms with Crippen molar-refractivity contribution in [2.75, 3.05) is 6.61 Å². The van der Waals surface area contributed by atoms with E-state index in [9.17, 15) is 25.0 Å². The maximum atomic E-state index is 11.3. The van der Waals surface area contributed by atoms with Crippen molar-refractivity contribution >= 4 is 28.4 Å². The monoisotopic (exact) mass is 350 g/mol. The quantitative estimate of drug-likeness (QED) is 0.442. The smallest absolute Gasteiger partial charge is 0.403 e. The minimum absolute atomic E-state index is 0.190. The predicted molar refractivity (Wildman–Crippen MR) is 85.2 cm³/mol. The highest BCUT2D eigenvalue weighted by Crippen LogP contribution is 2.36. The predicted octanol–water partition coefficient (Wildman–Crippen LogP) is 4.01. The van der Waals surface area contributed by atoms with Gasteiger partial charge in [0.1, 0.15) is 6.61 Å². The Morgan fingerprint density at radius 3 is 1.75 bits per heavy atom. The molecule has 0 aliphatic rings. The summed E-state index contributed by atoms with van der Waals surface area (Å²) in [7, 11) is 0. The van der Waals surface area contributed by atoms with Crippen molar-refractivity contribution in [3.05, 3.63) is 79.9 Å². The van der Waals surface area contributed by atoms with Gasteiger partial charge in [0.15, 0.2) is 0 Å². The van der Waals surface area contributed by atoms with Crippen LogP contribution in [-0.2, 0) is 4.74 Å². The first-order valence-corrected chi connectivity index (χ1v) is 7.08. The molecule has 0 saturated carbocycles. The van der Waals surface area contributed by atoms with Crippen LogP contribution in [0.5, 0.6) is 0 Å². The van der Waals surface area contributed by atoms with E-state index in [2.05, 4.69) is 0 Å². The Kier molecular flexibility index (Phi) is 5.43.